The van der Waals surface area contributed by atoms with Gasteiger partial charge >= 0.3 is 0 Å². The third kappa shape index (κ3) is 5.36. The van der Waals surface area contributed by atoms with Gasteiger partial charge in [0.1, 0.15) is 0 Å². The number of halogens is 1. The fraction of sp³-hybridized carbons (Fsp3) is 0.654. The molecule has 0 bridgehead atoms. The van der Waals surface area contributed by atoms with E-state index in [1.807, 2.05) is 0 Å². The molecular weight excluding hydrogens is 431 g/mol. The van der Waals surface area contributed by atoms with Crippen molar-refractivity contribution in [2.75, 3.05) is 29.2 Å². The lowest BCUT2D eigenvalue weighted by molar-refractivity contribution is 0.241. The summed E-state index contributed by atoms with van der Waals surface area (Å²) in [5.41, 5.74) is 0.588. The van der Waals surface area contributed by atoms with Crippen molar-refractivity contribution in [3.8, 4) is 5.75 Å². The van der Waals surface area contributed by atoms with Gasteiger partial charge in [0.2, 0.25) is 17.8 Å². The van der Waals surface area contributed by atoms with Crippen molar-refractivity contribution in [1.82, 2.24) is 15.0 Å². The summed E-state index contributed by atoms with van der Waals surface area (Å²) in [5.74, 6) is 2.33. The van der Waals surface area contributed by atoms with Gasteiger partial charge in [0.15, 0.2) is 11.6 Å². The largest absolute Gasteiger partial charge is 0.494 e. The second-order valence-corrected chi connectivity index (χ2v) is 10.0. The molecule has 2 saturated carbocycles. The second kappa shape index (κ2) is 10.7. The molecular formula is C26H37FN6O. The zero-order valence-electron chi connectivity index (χ0n) is 20.2. The van der Waals surface area contributed by atoms with Gasteiger partial charge in [0.05, 0.1) is 7.11 Å². The third-order valence-electron chi connectivity index (χ3n) is 7.72. The zero-order valence-corrected chi connectivity index (χ0v) is 20.2. The summed E-state index contributed by atoms with van der Waals surface area (Å²) in [5, 5.41) is 6.82. The van der Waals surface area contributed by atoms with E-state index in [0.717, 1.165) is 31.3 Å². The van der Waals surface area contributed by atoms with Crippen LogP contribution in [-0.4, -0.2) is 40.7 Å². The lowest BCUT2D eigenvalue weighted by atomic mass is 9.78. The van der Waals surface area contributed by atoms with E-state index in [1.54, 1.807) is 12.1 Å². The molecule has 5 rings (SSSR count). The van der Waals surface area contributed by atoms with E-state index < -0.39 is 5.82 Å². The average Bonchev–Trinajstić information content (AvgIpc) is 3.12. The fourth-order valence-electron chi connectivity index (χ4n) is 5.97. The summed E-state index contributed by atoms with van der Waals surface area (Å²) in [6.07, 6.45) is 14.9. The van der Waals surface area contributed by atoms with Crippen molar-refractivity contribution in [2.45, 2.75) is 89.1 Å². The Morgan fingerprint density at radius 3 is 2.41 bits per heavy atom. The van der Waals surface area contributed by atoms with Crippen molar-refractivity contribution in [1.29, 1.82) is 0 Å². The van der Waals surface area contributed by atoms with Gasteiger partial charge in [-0.1, -0.05) is 38.5 Å². The van der Waals surface area contributed by atoms with Crippen LogP contribution in [-0.2, 0) is 0 Å². The molecule has 34 heavy (non-hydrogen) atoms. The SMILES string of the molecule is COc1ccc(Nc2nc(NC3CCCCCC3)nc(N3CCCC4CCCCC43)n2)cc1F. The Morgan fingerprint density at radius 1 is 0.882 bits per heavy atom. The molecule has 2 unspecified atom stereocenters. The highest BCUT2D eigenvalue weighted by molar-refractivity contribution is 5.57. The van der Waals surface area contributed by atoms with Crippen molar-refractivity contribution in [3.63, 3.8) is 0 Å². The minimum atomic E-state index is -0.417. The molecule has 3 fully saturated rings. The average molecular weight is 469 g/mol. The molecule has 2 aromatic rings. The van der Waals surface area contributed by atoms with Crippen LogP contribution in [0.3, 0.4) is 0 Å². The summed E-state index contributed by atoms with van der Waals surface area (Å²) in [7, 11) is 1.46. The number of fused-ring (bicyclic) bond motifs is 1. The molecule has 0 spiro atoms. The molecule has 1 aliphatic heterocycles. The van der Waals surface area contributed by atoms with E-state index in [1.165, 1.54) is 77.4 Å². The fourth-order valence-corrected chi connectivity index (χ4v) is 5.97. The molecule has 184 valence electrons. The quantitative estimate of drug-likeness (QED) is 0.499. The molecule has 0 radical (unpaired) electrons. The van der Waals surface area contributed by atoms with Crippen LogP contribution >= 0.6 is 0 Å². The first kappa shape index (κ1) is 23.1. The van der Waals surface area contributed by atoms with Crippen molar-refractivity contribution >= 4 is 23.5 Å². The normalized spacial score (nSPS) is 23.6. The van der Waals surface area contributed by atoms with E-state index in [9.17, 15) is 4.39 Å². The van der Waals surface area contributed by atoms with Crippen LogP contribution in [0.4, 0.5) is 27.9 Å². The molecule has 8 heteroatoms. The predicted octanol–water partition coefficient (Wildman–Crippen LogP) is 6.06. The van der Waals surface area contributed by atoms with Gasteiger partial charge in [0, 0.05) is 30.4 Å². The standard InChI is InChI=1S/C26H37FN6O/c1-34-23-15-14-20(17-21(23)27)29-25-30-24(28-19-11-4-2-3-5-12-19)31-26(32-25)33-16-8-10-18-9-6-7-13-22(18)33/h14-15,17-19,22H,2-13,16H2,1H3,(H2,28,29,30,31,32). The van der Waals surface area contributed by atoms with Crippen LogP contribution in [0.25, 0.3) is 0 Å². The number of anilines is 4. The number of methoxy groups -OCH3 is 1. The number of aromatic nitrogens is 3. The van der Waals surface area contributed by atoms with Gasteiger partial charge in [-0.15, -0.1) is 0 Å². The van der Waals surface area contributed by atoms with Gasteiger partial charge < -0.3 is 20.3 Å². The van der Waals surface area contributed by atoms with Gasteiger partial charge in [-0.3, -0.25) is 0 Å². The molecule has 2 atom stereocenters. The Balaban J connectivity index is 1.44. The maximum absolute atomic E-state index is 14.3. The first-order valence-corrected chi connectivity index (χ1v) is 13.1. The number of ether oxygens (including phenoxy) is 1. The van der Waals surface area contributed by atoms with Crippen LogP contribution in [0.2, 0.25) is 0 Å². The van der Waals surface area contributed by atoms with Crippen LogP contribution < -0.4 is 20.3 Å². The summed E-state index contributed by atoms with van der Waals surface area (Å²) < 4.78 is 19.3. The molecule has 1 saturated heterocycles. The monoisotopic (exact) mass is 468 g/mol. The van der Waals surface area contributed by atoms with E-state index in [0.29, 0.717) is 29.7 Å². The van der Waals surface area contributed by atoms with E-state index in [-0.39, 0.29) is 5.75 Å². The maximum atomic E-state index is 14.3. The molecule has 0 amide bonds. The zero-order chi connectivity index (χ0) is 23.3. The van der Waals surface area contributed by atoms with E-state index >= 15 is 0 Å². The molecule has 7 nitrogen and oxygen atoms in total. The number of hydrogen-bond acceptors (Lipinski definition) is 7. The van der Waals surface area contributed by atoms with Crippen molar-refractivity contribution < 1.29 is 9.13 Å². The summed E-state index contributed by atoms with van der Waals surface area (Å²) in [6, 6.07) is 5.69. The van der Waals surface area contributed by atoms with E-state index in [2.05, 4.69) is 15.5 Å². The molecule has 1 aromatic carbocycles. The Labute approximate surface area is 201 Å². The second-order valence-electron chi connectivity index (χ2n) is 10.0. The van der Waals surface area contributed by atoms with Gasteiger partial charge in [-0.25, -0.2) is 4.39 Å². The number of rotatable bonds is 6. The van der Waals surface area contributed by atoms with E-state index in [4.69, 9.17) is 19.7 Å². The molecule has 2 heterocycles. The minimum absolute atomic E-state index is 0.217. The number of nitrogens with zero attached hydrogens (tertiary/aromatic N) is 4. The van der Waals surface area contributed by atoms with Gasteiger partial charge in [0.25, 0.3) is 0 Å². The Bertz CT molecular complexity index is 962. The van der Waals surface area contributed by atoms with Crippen molar-refractivity contribution in [2.24, 2.45) is 5.92 Å². The summed E-state index contributed by atoms with van der Waals surface area (Å²) >= 11 is 0. The molecule has 3 aliphatic rings. The smallest absolute Gasteiger partial charge is 0.233 e. The maximum Gasteiger partial charge on any atom is 0.233 e. The first-order valence-electron chi connectivity index (χ1n) is 13.1. The van der Waals surface area contributed by atoms with Crippen LogP contribution in [0, 0.1) is 11.7 Å². The molecule has 2 aliphatic carbocycles. The van der Waals surface area contributed by atoms with Crippen molar-refractivity contribution in [3.05, 3.63) is 24.0 Å². The summed E-state index contributed by atoms with van der Waals surface area (Å²) in [6.45, 7) is 0.977. The van der Waals surface area contributed by atoms with Crippen LogP contribution in [0.15, 0.2) is 18.2 Å². The topological polar surface area (TPSA) is 75.2 Å². The predicted molar refractivity (Wildman–Crippen MR) is 134 cm³/mol. The number of nitrogens with one attached hydrogen (secondary N) is 2. The van der Waals surface area contributed by atoms with Crippen LogP contribution in [0.1, 0.15) is 77.0 Å². The Kier molecular flexibility index (Phi) is 7.30. The van der Waals surface area contributed by atoms with Gasteiger partial charge in [-0.2, -0.15) is 15.0 Å². The number of benzene rings is 1. The molecule has 2 N–H and O–H groups in total. The lowest BCUT2D eigenvalue weighted by Crippen LogP contribution is -2.47. The third-order valence-corrected chi connectivity index (χ3v) is 7.72. The Hall–Kier alpha value is -2.64. The minimum Gasteiger partial charge on any atom is -0.494 e. The lowest BCUT2D eigenvalue weighted by Gasteiger charge is -2.44. The molecule has 1 aromatic heterocycles. The Morgan fingerprint density at radius 2 is 1.62 bits per heavy atom. The highest BCUT2D eigenvalue weighted by atomic mass is 19.1. The summed E-state index contributed by atoms with van der Waals surface area (Å²) in [4.78, 5) is 16.9. The number of hydrogen-bond donors (Lipinski definition) is 2. The first-order chi connectivity index (χ1) is 16.7. The highest BCUT2D eigenvalue weighted by Gasteiger charge is 2.35. The van der Waals surface area contributed by atoms with Crippen LogP contribution in [0.5, 0.6) is 5.75 Å². The highest BCUT2D eigenvalue weighted by Crippen LogP contribution is 2.37. The number of piperidine rings is 1. The van der Waals surface area contributed by atoms with Gasteiger partial charge in [-0.05, 0) is 56.6 Å².